The average Bonchev–Trinajstić information content (AvgIpc) is 2.29. The first-order chi connectivity index (χ1) is 8.01. The minimum absolute atomic E-state index is 0.0367. The van der Waals surface area contributed by atoms with Gasteiger partial charge in [-0.15, -0.1) is 0 Å². The van der Waals surface area contributed by atoms with E-state index in [1.807, 2.05) is 13.8 Å². The van der Waals surface area contributed by atoms with Gasteiger partial charge in [0.1, 0.15) is 0 Å². The second kappa shape index (κ2) is 6.68. The van der Waals surface area contributed by atoms with Crippen molar-refractivity contribution in [3.05, 3.63) is 0 Å². The maximum absolute atomic E-state index is 12.2. The van der Waals surface area contributed by atoms with Crippen molar-refractivity contribution in [2.45, 2.75) is 45.3 Å². The number of nitrogens with zero attached hydrogens (tertiary/aromatic N) is 1. The van der Waals surface area contributed by atoms with Crippen LogP contribution in [0.3, 0.4) is 0 Å². The van der Waals surface area contributed by atoms with Gasteiger partial charge in [0, 0.05) is 19.2 Å². The van der Waals surface area contributed by atoms with Gasteiger partial charge in [0.25, 0.3) is 0 Å². The second-order valence-electron chi connectivity index (χ2n) is 4.52. The number of ether oxygens (including phenoxy) is 1. The predicted octanol–water partition coefficient (Wildman–Crippen LogP) is 0.588. The maximum atomic E-state index is 12.2. The molecule has 2 atom stereocenters. The summed E-state index contributed by atoms with van der Waals surface area (Å²) in [5.74, 6) is 0.122. The third-order valence-corrected chi connectivity index (χ3v) is 5.02. The summed E-state index contributed by atoms with van der Waals surface area (Å²) in [6.07, 6.45) is 1.79. The highest BCUT2D eigenvalue weighted by Crippen LogP contribution is 2.19. The first-order valence-corrected chi connectivity index (χ1v) is 7.84. The Balaban J connectivity index is 2.65. The summed E-state index contributed by atoms with van der Waals surface area (Å²) in [7, 11) is -3.21. The third-order valence-electron chi connectivity index (χ3n) is 3.06. The molecule has 1 aliphatic heterocycles. The van der Waals surface area contributed by atoms with Crippen LogP contribution in [0.5, 0.6) is 0 Å². The van der Waals surface area contributed by atoms with Gasteiger partial charge in [0.15, 0.2) is 0 Å². The van der Waals surface area contributed by atoms with E-state index < -0.39 is 10.0 Å². The summed E-state index contributed by atoms with van der Waals surface area (Å²) >= 11 is 0. The van der Waals surface area contributed by atoms with Crippen LogP contribution in [0.1, 0.15) is 33.1 Å². The molecule has 102 valence electrons. The first kappa shape index (κ1) is 14.9. The number of aliphatic hydroxyl groups excluding tert-OH is 1. The van der Waals surface area contributed by atoms with E-state index in [2.05, 4.69) is 0 Å². The highest BCUT2D eigenvalue weighted by molar-refractivity contribution is 7.89. The smallest absolute Gasteiger partial charge is 0.214 e. The van der Waals surface area contributed by atoms with Gasteiger partial charge < -0.3 is 9.84 Å². The van der Waals surface area contributed by atoms with Crippen LogP contribution in [0.15, 0.2) is 0 Å². The monoisotopic (exact) mass is 265 g/mol. The molecule has 1 N–H and O–H groups in total. The number of morpholine rings is 1. The minimum Gasteiger partial charge on any atom is -0.396 e. The largest absolute Gasteiger partial charge is 0.396 e. The molecule has 0 saturated carbocycles. The molecule has 2 unspecified atom stereocenters. The molecule has 1 aliphatic rings. The van der Waals surface area contributed by atoms with Crippen LogP contribution in [-0.4, -0.2) is 55.5 Å². The Labute approximate surface area is 104 Å². The molecule has 0 aromatic rings. The van der Waals surface area contributed by atoms with Crippen LogP contribution in [0.2, 0.25) is 0 Å². The van der Waals surface area contributed by atoms with E-state index in [1.54, 1.807) is 4.31 Å². The average molecular weight is 265 g/mol. The molecule has 5 nitrogen and oxygen atoms in total. The van der Waals surface area contributed by atoms with Gasteiger partial charge in [-0.1, -0.05) is 6.92 Å². The predicted molar refractivity (Wildman–Crippen MR) is 66.3 cm³/mol. The summed E-state index contributed by atoms with van der Waals surface area (Å²) in [6.45, 7) is 4.84. The Morgan fingerprint density at radius 2 is 2.12 bits per heavy atom. The summed E-state index contributed by atoms with van der Waals surface area (Å²) in [5, 5.41) is 8.69. The molecular weight excluding hydrogens is 242 g/mol. The second-order valence-corrected chi connectivity index (χ2v) is 6.56. The molecular formula is C11H23NO4S. The maximum Gasteiger partial charge on any atom is 0.214 e. The molecule has 1 fully saturated rings. The molecule has 0 bridgehead atoms. The molecule has 17 heavy (non-hydrogen) atoms. The van der Waals surface area contributed by atoms with Gasteiger partial charge in [0.05, 0.1) is 18.5 Å². The molecule has 1 saturated heterocycles. The molecule has 0 radical (unpaired) electrons. The highest BCUT2D eigenvalue weighted by atomic mass is 32.2. The van der Waals surface area contributed by atoms with Gasteiger partial charge in [-0.05, 0) is 26.2 Å². The Morgan fingerprint density at radius 3 is 2.71 bits per heavy atom. The summed E-state index contributed by atoms with van der Waals surface area (Å²) in [5.41, 5.74) is 0. The topological polar surface area (TPSA) is 66.8 Å². The van der Waals surface area contributed by atoms with E-state index in [4.69, 9.17) is 9.84 Å². The van der Waals surface area contributed by atoms with Crippen molar-refractivity contribution >= 4 is 10.0 Å². The molecule has 0 aromatic carbocycles. The summed E-state index contributed by atoms with van der Waals surface area (Å²) in [6, 6.07) is -0.0367. The van der Waals surface area contributed by atoms with Crippen molar-refractivity contribution in [1.82, 2.24) is 4.31 Å². The lowest BCUT2D eigenvalue weighted by atomic mass is 10.2. The Bertz CT molecular complexity index is 317. The van der Waals surface area contributed by atoms with Gasteiger partial charge in [-0.2, -0.15) is 4.31 Å². The van der Waals surface area contributed by atoms with Gasteiger partial charge >= 0.3 is 0 Å². The lowest BCUT2D eigenvalue weighted by molar-refractivity contribution is -0.0230. The van der Waals surface area contributed by atoms with E-state index in [9.17, 15) is 8.42 Å². The Kier molecular flexibility index (Phi) is 5.85. The van der Waals surface area contributed by atoms with Crippen LogP contribution in [-0.2, 0) is 14.8 Å². The number of hydrogen-bond acceptors (Lipinski definition) is 4. The standard InChI is InChI=1S/C11H23NO4S/c1-3-11-9-16-10(2)8-12(11)17(14,15)7-5-4-6-13/h10-11,13H,3-9H2,1-2H3. The van der Waals surface area contributed by atoms with Crippen molar-refractivity contribution in [3.63, 3.8) is 0 Å². The van der Waals surface area contributed by atoms with Crippen LogP contribution >= 0.6 is 0 Å². The van der Waals surface area contributed by atoms with Crippen molar-refractivity contribution in [2.24, 2.45) is 0 Å². The zero-order valence-corrected chi connectivity index (χ0v) is 11.4. The van der Waals surface area contributed by atoms with Gasteiger partial charge in [-0.3, -0.25) is 0 Å². The summed E-state index contributed by atoms with van der Waals surface area (Å²) in [4.78, 5) is 0. The quantitative estimate of drug-likeness (QED) is 0.714. The van der Waals surface area contributed by atoms with Crippen molar-refractivity contribution < 1.29 is 18.3 Å². The van der Waals surface area contributed by atoms with Crippen LogP contribution in [0.4, 0.5) is 0 Å². The van der Waals surface area contributed by atoms with Gasteiger partial charge in [0.2, 0.25) is 10.0 Å². The normalized spacial score (nSPS) is 27.2. The van der Waals surface area contributed by atoms with Crippen LogP contribution < -0.4 is 0 Å². The molecule has 0 aliphatic carbocycles. The highest BCUT2D eigenvalue weighted by Gasteiger charge is 2.33. The van der Waals surface area contributed by atoms with Crippen molar-refractivity contribution in [2.75, 3.05) is 25.5 Å². The van der Waals surface area contributed by atoms with Crippen molar-refractivity contribution in [1.29, 1.82) is 0 Å². The Hall–Kier alpha value is -0.170. The van der Waals surface area contributed by atoms with E-state index in [1.165, 1.54) is 0 Å². The first-order valence-electron chi connectivity index (χ1n) is 6.23. The zero-order valence-electron chi connectivity index (χ0n) is 10.6. The molecule has 6 heteroatoms. The fraction of sp³-hybridized carbons (Fsp3) is 1.00. The third kappa shape index (κ3) is 4.21. The van der Waals surface area contributed by atoms with E-state index in [0.29, 0.717) is 26.0 Å². The van der Waals surface area contributed by atoms with E-state index in [-0.39, 0.29) is 24.5 Å². The fourth-order valence-corrected chi connectivity index (χ4v) is 3.89. The Morgan fingerprint density at radius 1 is 1.41 bits per heavy atom. The molecule has 0 aromatic heterocycles. The summed E-state index contributed by atoms with van der Waals surface area (Å²) < 4.78 is 31.4. The number of unbranched alkanes of at least 4 members (excludes halogenated alkanes) is 1. The van der Waals surface area contributed by atoms with Crippen LogP contribution in [0, 0.1) is 0 Å². The lowest BCUT2D eigenvalue weighted by Gasteiger charge is -2.37. The number of rotatable bonds is 6. The lowest BCUT2D eigenvalue weighted by Crippen LogP contribution is -2.51. The fourth-order valence-electron chi connectivity index (χ4n) is 1.99. The molecule has 1 rings (SSSR count). The minimum atomic E-state index is -3.21. The SMILES string of the molecule is CCC1COC(C)CN1S(=O)(=O)CCCCO. The van der Waals surface area contributed by atoms with E-state index >= 15 is 0 Å². The molecule has 1 heterocycles. The van der Waals surface area contributed by atoms with Crippen molar-refractivity contribution in [3.8, 4) is 0 Å². The van der Waals surface area contributed by atoms with Crippen LogP contribution in [0.25, 0.3) is 0 Å². The number of hydrogen-bond donors (Lipinski definition) is 1. The number of sulfonamides is 1. The molecule has 0 spiro atoms. The van der Waals surface area contributed by atoms with Gasteiger partial charge in [-0.25, -0.2) is 8.42 Å². The van der Waals surface area contributed by atoms with E-state index in [0.717, 1.165) is 6.42 Å². The zero-order chi connectivity index (χ0) is 12.9. The molecule has 0 amide bonds. The number of aliphatic hydroxyl groups is 1.